The number of hydrogen-bond acceptors (Lipinski definition) is 4. The fraction of sp³-hybridized carbons (Fsp3) is 0.385. The lowest BCUT2D eigenvalue weighted by Crippen LogP contribution is -2.45. The van der Waals surface area contributed by atoms with Crippen LogP contribution in [-0.4, -0.2) is 26.4 Å². The second-order valence-corrected chi connectivity index (χ2v) is 6.53. The van der Waals surface area contributed by atoms with Gasteiger partial charge in [0.25, 0.3) is 0 Å². The summed E-state index contributed by atoms with van der Waals surface area (Å²) in [5.41, 5.74) is -0.570. The quantitative estimate of drug-likeness (QED) is 0.833. The predicted molar refractivity (Wildman–Crippen MR) is 72.1 cm³/mol. The first kappa shape index (κ1) is 15.4. The van der Waals surface area contributed by atoms with Gasteiger partial charge in [-0.2, -0.15) is 9.98 Å². The molecule has 1 aliphatic carbocycles. The summed E-state index contributed by atoms with van der Waals surface area (Å²) >= 11 is 0. The predicted octanol–water partition coefficient (Wildman–Crippen LogP) is 0.643. The van der Waals surface area contributed by atoms with Crippen molar-refractivity contribution in [2.45, 2.75) is 36.7 Å². The number of amides is 1. The molecule has 1 unspecified atom stereocenters. The van der Waals surface area contributed by atoms with Gasteiger partial charge in [-0.3, -0.25) is 4.79 Å². The minimum Gasteiger partial charge on any atom is -0.352 e. The van der Waals surface area contributed by atoms with E-state index in [2.05, 4.69) is 10.0 Å². The Morgan fingerprint density at radius 2 is 2.14 bits per heavy atom. The molecular formula is C13H14FN3O3S. The number of carbonyl (C=O) groups is 1. The smallest absolute Gasteiger partial charge is 0.242 e. The van der Waals surface area contributed by atoms with E-state index in [-0.39, 0.29) is 6.04 Å². The van der Waals surface area contributed by atoms with Gasteiger partial charge in [0.1, 0.15) is 22.3 Å². The van der Waals surface area contributed by atoms with Gasteiger partial charge in [0, 0.05) is 6.04 Å². The van der Waals surface area contributed by atoms with Crippen molar-refractivity contribution in [3.63, 3.8) is 0 Å². The first-order valence-corrected chi connectivity index (χ1v) is 7.85. The van der Waals surface area contributed by atoms with Gasteiger partial charge in [0.05, 0.1) is 6.04 Å². The number of nitrogens with one attached hydrogen (secondary N) is 2. The molecule has 1 aliphatic rings. The summed E-state index contributed by atoms with van der Waals surface area (Å²) in [6.45, 7) is 1.39. The van der Waals surface area contributed by atoms with Gasteiger partial charge in [-0.05, 0) is 31.9 Å². The highest BCUT2D eigenvalue weighted by Gasteiger charge is 2.29. The molecule has 2 N–H and O–H groups in total. The lowest BCUT2D eigenvalue weighted by atomic mass is 10.2. The zero-order valence-electron chi connectivity index (χ0n) is 11.3. The average molecular weight is 311 g/mol. The molecule has 0 bridgehead atoms. The highest BCUT2D eigenvalue weighted by atomic mass is 32.2. The van der Waals surface area contributed by atoms with Crippen LogP contribution in [0.5, 0.6) is 0 Å². The number of rotatable bonds is 5. The third kappa shape index (κ3) is 3.56. The minimum atomic E-state index is -4.16. The molecular weight excluding hydrogens is 297 g/mol. The number of nitriles is 1. The van der Waals surface area contributed by atoms with Crippen LogP contribution >= 0.6 is 0 Å². The Hall–Kier alpha value is -1.98. The molecule has 0 aromatic heterocycles. The number of carbonyl (C=O) groups excluding carboxylic acids is 1. The van der Waals surface area contributed by atoms with Gasteiger partial charge in [0.15, 0.2) is 0 Å². The zero-order valence-corrected chi connectivity index (χ0v) is 12.1. The van der Waals surface area contributed by atoms with E-state index in [0.29, 0.717) is 0 Å². The van der Waals surface area contributed by atoms with Crippen LogP contribution in [0.2, 0.25) is 0 Å². The van der Waals surface area contributed by atoms with Gasteiger partial charge < -0.3 is 5.32 Å². The van der Waals surface area contributed by atoms with Crippen LogP contribution < -0.4 is 10.0 Å². The van der Waals surface area contributed by atoms with E-state index >= 15 is 0 Å². The topological polar surface area (TPSA) is 99.1 Å². The molecule has 1 aromatic rings. The molecule has 6 nitrogen and oxygen atoms in total. The lowest BCUT2D eigenvalue weighted by Gasteiger charge is -2.14. The fourth-order valence-electron chi connectivity index (χ4n) is 1.74. The van der Waals surface area contributed by atoms with Crippen LogP contribution in [0, 0.1) is 17.1 Å². The summed E-state index contributed by atoms with van der Waals surface area (Å²) < 4.78 is 40.0. The molecule has 0 spiro atoms. The van der Waals surface area contributed by atoms with Crippen molar-refractivity contribution in [3.8, 4) is 6.07 Å². The number of halogens is 1. The Balaban J connectivity index is 2.20. The van der Waals surface area contributed by atoms with Crippen molar-refractivity contribution < 1.29 is 17.6 Å². The van der Waals surface area contributed by atoms with E-state index in [4.69, 9.17) is 5.26 Å². The highest BCUT2D eigenvalue weighted by molar-refractivity contribution is 7.89. The molecule has 8 heteroatoms. The van der Waals surface area contributed by atoms with Crippen molar-refractivity contribution in [2.75, 3.05) is 0 Å². The van der Waals surface area contributed by atoms with E-state index in [1.807, 2.05) is 0 Å². The largest absolute Gasteiger partial charge is 0.352 e. The maximum Gasteiger partial charge on any atom is 0.242 e. The maximum atomic E-state index is 13.5. The second-order valence-electron chi connectivity index (χ2n) is 4.85. The van der Waals surface area contributed by atoms with E-state index in [1.54, 1.807) is 0 Å². The first-order chi connectivity index (χ1) is 9.85. The van der Waals surface area contributed by atoms with E-state index in [0.717, 1.165) is 25.0 Å². The summed E-state index contributed by atoms with van der Waals surface area (Å²) in [4.78, 5) is 11.3. The van der Waals surface area contributed by atoms with Gasteiger partial charge in [0.2, 0.25) is 15.9 Å². The van der Waals surface area contributed by atoms with E-state index in [1.165, 1.54) is 19.1 Å². The number of benzene rings is 1. The first-order valence-electron chi connectivity index (χ1n) is 6.36. The molecule has 0 heterocycles. The molecule has 1 amide bonds. The van der Waals surface area contributed by atoms with Crippen LogP contribution in [0.3, 0.4) is 0 Å². The Morgan fingerprint density at radius 3 is 2.71 bits per heavy atom. The van der Waals surface area contributed by atoms with Crippen molar-refractivity contribution >= 4 is 15.9 Å². The SMILES string of the molecule is CC(NS(=O)(=O)c1cccc(F)c1C#N)C(=O)NC1CC1. The van der Waals surface area contributed by atoms with Crippen LogP contribution in [0.25, 0.3) is 0 Å². The van der Waals surface area contributed by atoms with Gasteiger partial charge in [-0.25, -0.2) is 12.8 Å². The molecule has 21 heavy (non-hydrogen) atoms. The summed E-state index contributed by atoms with van der Waals surface area (Å²) in [7, 11) is -4.16. The normalized spacial score (nSPS) is 16.0. The lowest BCUT2D eigenvalue weighted by molar-refractivity contribution is -0.122. The van der Waals surface area contributed by atoms with Crippen LogP contribution in [0.1, 0.15) is 25.3 Å². The standard InChI is InChI=1S/C13H14FN3O3S/c1-8(13(18)16-9-5-6-9)17-21(19,20)12-4-2-3-11(14)10(12)7-15/h2-4,8-9,17H,5-6H2,1H3,(H,16,18). The number of hydrogen-bond donors (Lipinski definition) is 2. The zero-order chi connectivity index (χ0) is 15.6. The summed E-state index contributed by atoms with van der Waals surface area (Å²) in [5.74, 6) is -1.37. The Bertz CT molecular complexity index is 708. The molecule has 0 radical (unpaired) electrons. The molecule has 2 rings (SSSR count). The average Bonchev–Trinajstić information content (AvgIpc) is 3.21. The van der Waals surface area contributed by atoms with Crippen LogP contribution in [0.15, 0.2) is 23.1 Å². The Labute approximate surface area is 122 Å². The summed E-state index contributed by atoms with van der Waals surface area (Å²) in [6.07, 6.45) is 1.77. The van der Waals surface area contributed by atoms with Crippen molar-refractivity contribution in [2.24, 2.45) is 0 Å². The summed E-state index contributed by atoms with van der Waals surface area (Å²) in [6, 6.07) is 3.93. The molecule has 0 aliphatic heterocycles. The third-order valence-electron chi connectivity index (χ3n) is 3.03. The Morgan fingerprint density at radius 1 is 1.48 bits per heavy atom. The molecule has 1 saturated carbocycles. The molecule has 0 saturated heterocycles. The molecule has 1 atom stereocenters. The van der Waals surface area contributed by atoms with Gasteiger partial charge in [-0.1, -0.05) is 6.07 Å². The van der Waals surface area contributed by atoms with Crippen molar-refractivity contribution in [1.29, 1.82) is 5.26 Å². The van der Waals surface area contributed by atoms with Crippen molar-refractivity contribution in [1.82, 2.24) is 10.0 Å². The van der Waals surface area contributed by atoms with Gasteiger partial charge in [-0.15, -0.1) is 0 Å². The van der Waals surface area contributed by atoms with Gasteiger partial charge >= 0.3 is 0 Å². The third-order valence-corrected chi connectivity index (χ3v) is 4.61. The monoisotopic (exact) mass is 311 g/mol. The second kappa shape index (κ2) is 5.79. The maximum absolute atomic E-state index is 13.5. The van der Waals surface area contributed by atoms with Crippen LogP contribution in [0.4, 0.5) is 4.39 Å². The van der Waals surface area contributed by atoms with Crippen molar-refractivity contribution in [3.05, 3.63) is 29.6 Å². The molecule has 1 aromatic carbocycles. The summed E-state index contributed by atoms with van der Waals surface area (Å²) in [5, 5.41) is 11.5. The Kier molecular flexibility index (Phi) is 4.25. The number of sulfonamides is 1. The molecule has 1 fully saturated rings. The fourth-order valence-corrected chi connectivity index (χ4v) is 3.11. The van der Waals surface area contributed by atoms with E-state index < -0.39 is 38.2 Å². The van der Waals surface area contributed by atoms with E-state index in [9.17, 15) is 17.6 Å². The van der Waals surface area contributed by atoms with Crippen LogP contribution in [-0.2, 0) is 14.8 Å². The highest BCUT2D eigenvalue weighted by Crippen LogP contribution is 2.20. The number of nitrogens with zero attached hydrogens (tertiary/aromatic N) is 1. The minimum absolute atomic E-state index is 0.105. The molecule has 112 valence electrons.